The first-order valence-corrected chi connectivity index (χ1v) is 8.29. The number of carbonyl (C=O) groups is 1. The molecule has 3 rings (SSSR count). The molecular weight excluding hydrogens is 324 g/mol. The zero-order chi connectivity index (χ0) is 18.4. The van der Waals surface area contributed by atoms with Gasteiger partial charge in [-0.15, -0.1) is 0 Å². The van der Waals surface area contributed by atoms with Crippen LogP contribution in [0.4, 0.5) is 0 Å². The Morgan fingerprint density at radius 3 is 2.08 bits per heavy atom. The maximum absolute atomic E-state index is 12.4. The van der Waals surface area contributed by atoms with Crippen LogP contribution in [0.3, 0.4) is 0 Å². The zero-order valence-electron chi connectivity index (χ0n) is 14.3. The van der Waals surface area contributed by atoms with Crippen molar-refractivity contribution in [2.24, 2.45) is 0 Å². The van der Waals surface area contributed by atoms with E-state index in [1.165, 1.54) is 0 Å². The second kappa shape index (κ2) is 8.00. The summed E-state index contributed by atoms with van der Waals surface area (Å²) >= 11 is 0. The summed E-state index contributed by atoms with van der Waals surface area (Å²) in [4.78, 5) is 12.4. The maximum Gasteiger partial charge on any atom is 0.251 e. The van der Waals surface area contributed by atoms with E-state index < -0.39 is 0 Å². The number of amides is 1. The second-order valence-corrected chi connectivity index (χ2v) is 5.87. The summed E-state index contributed by atoms with van der Waals surface area (Å²) in [6.45, 7) is 1.95. The van der Waals surface area contributed by atoms with Gasteiger partial charge in [-0.2, -0.15) is 5.26 Å². The molecule has 128 valence electrons. The second-order valence-electron chi connectivity index (χ2n) is 5.87. The van der Waals surface area contributed by atoms with Crippen LogP contribution in [0.2, 0.25) is 0 Å². The number of nitrogens with zero attached hydrogens (tertiary/aromatic N) is 1. The third kappa shape index (κ3) is 4.28. The van der Waals surface area contributed by atoms with Crippen molar-refractivity contribution in [3.05, 3.63) is 95.6 Å². The molecule has 0 fully saturated rings. The van der Waals surface area contributed by atoms with Crippen molar-refractivity contribution >= 4 is 5.91 Å². The first-order valence-electron chi connectivity index (χ1n) is 8.29. The molecule has 4 nitrogen and oxygen atoms in total. The van der Waals surface area contributed by atoms with Gasteiger partial charge in [-0.05, 0) is 61.0 Å². The molecule has 0 saturated heterocycles. The number of nitrogens with one attached hydrogen (secondary N) is 1. The van der Waals surface area contributed by atoms with Crippen molar-refractivity contribution < 1.29 is 9.53 Å². The van der Waals surface area contributed by atoms with Gasteiger partial charge in [0.05, 0.1) is 17.7 Å². The fraction of sp³-hybridized carbons (Fsp3) is 0.0909. The predicted octanol–water partition coefficient (Wildman–Crippen LogP) is 4.84. The third-order valence-electron chi connectivity index (χ3n) is 3.98. The highest BCUT2D eigenvalue weighted by Crippen LogP contribution is 2.22. The first-order chi connectivity index (χ1) is 12.7. The lowest BCUT2D eigenvalue weighted by Gasteiger charge is -2.14. The van der Waals surface area contributed by atoms with Gasteiger partial charge >= 0.3 is 0 Å². The van der Waals surface area contributed by atoms with Crippen LogP contribution < -0.4 is 10.1 Å². The van der Waals surface area contributed by atoms with Crippen molar-refractivity contribution in [1.29, 1.82) is 5.26 Å². The van der Waals surface area contributed by atoms with E-state index >= 15 is 0 Å². The molecule has 0 aliphatic carbocycles. The summed E-state index contributed by atoms with van der Waals surface area (Å²) < 4.78 is 5.72. The Labute approximate surface area is 152 Å². The van der Waals surface area contributed by atoms with E-state index in [4.69, 9.17) is 10.00 Å². The molecule has 0 aliphatic heterocycles. The smallest absolute Gasteiger partial charge is 0.251 e. The minimum absolute atomic E-state index is 0.0710. The quantitative estimate of drug-likeness (QED) is 0.721. The average Bonchev–Trinajstić information content (AvgIpc) is 2.69. The summed E-state index contributed by atoms with van der Waals surface area (Å²) in [5, 5.41) is 11.8. The Bertz CT molecular complexity index is 911. The predicted molar refractivity (Wildman–Crippen MR) is 100.0 cm³/mol. The summed E-state index contributed by atoms with van der Waals surface area (Å²) in [5.74, 6) is 1.13. The number of benzene rings is 3. The highest BCUT2D eigenvalue weighted by atomic mass is 16.5. The minimum atomic E-state index is -0.133. The number of hydrogen-bond acceptors (Lipinski definition) is 3. The summed E-state index contributed by atoms with van der Waals surface area (Å²) in [5.41, 5.74) is 2.21. The average molecular weight is 342 g/mol. The highest BCUT2D eigenvalue weighted by molar-refractivity contribution is 5.94. The first kappa shape index (κ1) is 17.2. The van der Waals surface area contributed by atoms with E-state index in [1.54, 1.807) is 48.5 Å². The Morgan fingerprint density at radius 1 is 0.923 bits per heavy atom. The van der Waals surface area contributed by atoms with Crippen LogP contribution in [0.25, 0.3) is 0 Å². The van der Waals surface area contributed by atoms with Gasteiger partial charge in [0.1, 0.15) is 11.5 Å². The zero-order valence-corrected chi connectivity index (χ0v) is 14.3. The maximum atomic E-state index is 12.4. The molecule has 0 bridgehead atoms. The van der Waals surface area contributed by atoms with Gasteiger partial charge in [0, 0.05) is 5.56 Å². The van der Waals surface area contributed by atoms with Gasteiger partial charge in [0.25, 0.3) is 5.91 Å². The number of hydrogen-bond donors (Lipinski definition) is 1. The van der Waals surface area contributed by atoms with Crippen molar-refractivity contribution in [2.75, 3.05) is 0 Å². The molecule has 1 N–H and O–H groups in total. The van der Waals surface area contributed by atoms with Gasteiger partial charge in [-0.1, -0.05) is 30.3 Å². The van der Waals surface area contributed by atoms with Crippen LogP contribution in [0.1, 0.15) is 34.5 Å². The summed E-state index contributed by atoms with van der Waals surface area (Å²) in [6.07, 6.45) is 0. The van der Waals surface area contributed by atoms with Gasteiger partial charge in [0.2, 0.25) is 0 Å². The number of carbonyl (C=O) groups excluding carboxylic acids is 1. The topological polar surface area (TPSA) is 62.1 Å². The molecule has 0 heterocycles. The SMILES string of the molecule is C[C@@H](NC(=O)c1ccc(Oc2ccc(C#N)cc2)cc1)c1ccccc1. The van der Waals surface area contributed by atoms with Crippen molar-refractivity contribution in [1.82, 2.24) is 5.32 Å². The Hall–Kier alpha value is -3.58. The molecule has 1 atom stereocenters. The fourth-order valence-corrected chi connectivity index (χ4v) is 2.51. The number of ether oxygens (including phenoxy) is 1. The minimum Gasteiger partial charge on any atom is -0.457 e. The van der Waals surface area contributed by atoms with E-state index in [0.29, 0.717) is 22.6 Å². The lowest BCUT2D eigenvalue weighted by molar-refractivity contribution is 0.0940. The van der Waals surface area contributed by atoms with Crippen LogP contribution in [0, 0.1) is 11.3 Å². The standard InChI is InChI=1S/C22H18N2O2/c1-16(18-5-3-2-4-6-18)24-22(25)19-9-13-21(14-10-19)26-20-11-7-17(15-23)8-12-20/h2-14,16H,1H3,(H,24,25)/t16-/m1/s1. The Balaban J connectivity index is 1.63. The summed E-state index contributed by atoms with van der Waals surface area (Å²) in [7, 11) is 0. The molecule has 4 heteroatoms. The lowest BCUT2D eigenvalue weighted by atomic mass is 10.1. The van der Waals surface area contributed by atoms with E-state index in [9.17, 15) is 4.79 Å². The molecule has 0 aliphatic rings. The van der Waals surface area contributed by atoms with E-state index in [-0.39, 0.29) is 11.9 Å². The summed E-state index contributed by atoms with van der Waals surface area (Å²) in [6, 6.07) is 25.6. The van der Waals surface area contributed by atoms with Gasteiger partial charge in [-0.3, -0.25) is 4.79 Å². The normalized spacial score (nSPS) is 11.2. The molecule has 26 heavy (non-hydrogen) atoms. The van der Waals surface area contributed by atoms with E-state index in [1.807, 2.05) is 37.3 Å². The Kier molecular flexibility index (Phi) is 5.31. The van der Waals surface area contributed by atoms with E-state index in [2.05, 4.69) is 11.4 Å². The number of nitriles is 1. The van der Waals surface area contributed by atoms with E-state index in [0.717, 1.165) is 5.56 Å². The largest absolute Gasteiger partial charge is 0.457 e. The molecule has 0 spiro atoms. The molecule has 3 aromatic rings. The van der Waals surface area contributed by atoms with Crippen molar-refractivity contribution in [3.63, 3.8) is 0 Å². The molecule has 0 aromatic heterocycles. The number of rotatable bonds is 5. The molecule has 1 amide bonds. The lowest BCUT2D eigenvalue weighted by Crippen LogP contribution is -2.26. The van der Waals surface area contributed by atoms with Crippen LogP contribution in [0.15, 0.2) is 78.9 Å². The van der Waals surface area contributed by atoms with Gasteiger partial charge in [0.15, 0.2) is 0 Å². The van der Waals surface area contributed by atoms with Crippen LogP contribution >= 0.6 is 0 Å². The molecular formula is C22H18N2O2. The third-order valence-corrected chi connectivity index (χ3v) is 3.98. The molecule has 3 aromatic carbocycles. The van der Waals surface area contributed by atoms with Crippen molar-refractivity contribution in [2.45, 2.75) is 13.0 Å². The fourth-order valence-electron chi connectivity index (χ4n) is 2.51. The molecule has 0 saturated carbocycles. The van der Waals surface area contributed by atoms with Gasteiger partial charge in [-0.25, -0.2) is 0 Å². The van der Waals surface area contributed by atoms with Crippen LogP contribution in [0.5, 0.6) is 11.5 Å². The molecule has 0 unspecified atom stereocenters. The van der Waals surface area contributed by atoms with Crippen LogP contribution in [-0.4, -0.2) is 5.91 Å². The van der Waals surface area contributed by atoms with Crippen LogP contribution in [-0.2, 0) is 0 Å². The van der Waals surface area contributed by atoms with Crippen molar-refractivity contribution in [3.8, 4) is 17.6 Å². The highest BCUT2D eigenvalue weighted by Gasteiger charge is 2.11. The van der Waals surface area contributed by atoms with Gasteiger partial charge < -0.3 is 10.1 Å². The Morgan fingerprint density at radius 2 is 1.50 bits per heavy atom. The molecule has 0 radical (unpaired) electrons. The monoisotopic (exact) mass is 342 g/mol.